The van der Waals surface area contributed by atoms with E-state index in [1.54, 1.807) is 0 Å². The summed E-state index contributed by atoms with van der Waals surface area (Å²) in [6.07, 6.45) is 2.15. The van der Waals surface area contributed by atoms with Gasteiger partial charge in [-0.2, -0.15) is 5.70 Å². The Labute approximate surface area is 207 Å². The molecule has 3 aromatic rings. The molecule has 170 valence electrons. The first kappa shape index (κ1) is 26.0. The normalized spacial score (nSPS) is 13.1. The molecule has 32 heavy (non-hydrogen) atoms. The number of benzene rings is 2. The predicted molar refractivity (Wildman–Crippen MR) is 133 cm³/mol. The van der Waals surface area contributed by atoms with Crippen molar-refractivity contribution in [2.75, 3.05) is 7.05 Å². The third-order valence-corrected chi connectivity index (χ3v) is 5.22. The number of allylic oxidation sites excluding steroid dienone is 2. The van der Waals surface area contributed by atoms with E-state index in [1.807, 2.05) is 25.2 Å². The van der Waals surface area contributed by atoms with E-state index in [-0.39, 0.29) is 31.9 Å². The summed E-state index contributed by atoms with van der Waals surface area (Å²) in [7, 11) is 1.85. The van der Waals surface area contributed by atoms with Crippen LogP contribution in [0.25, 0.3) is 27.3 Å². The van der Waals surface area contributed by atoms with E-state index >= 15 is 0 Å². The van der Waals surface area contributed by atoms with Gasteiger partial charge in [0.2, 0.25) is 0 Å². The van der Waals surface area contributed by atoms with Crippen LogP contribution >= 0.6 is 0 Å². The fraction of sp³-hybridized carbons (Fsp3) is 0.357. The van der Waals surface area contributed by atoms with Crippen LogP contribution in [0, 0.1) is 16.9 Å². The molecule has 1 aromatic heterocycles. The summed E-state index contributed by atoms with van der Waals surface area (Å²) < 4.78 is 0. The molecular formula is C28H33N3Pt. The van der Waals surface area contributed by atoms with Gasteiger partial charge in [-0.25, -0.2) is 0 Å². The molecule has 0 aliphatic rings. The number of hydrogen-bond donors (Lipinski definition) is 0. The third kappa shape index (κ3) is 6.39. The number of aliphatic imine (C=N–C) groups is 1. The van der Waals surface area contributed by atoms with Crippen molar-refractivity contribution in [3.05, 3.63) is 83.4 Å². The molecule has 0 amide bonds. The molecule has 3 nitrogen and oxygen atoms in total. The summed E-state index contributed by atoms with van der Waals surface area (Å²) in [6, 6.07) is 21.8. The van der Waals surface area contributed by atoms with Crippen LogP contribution in [0.3, 0.4) is 0 Å². The molecule has 4 heteroatoms. The Balaban J connectivity index is 0.00000363. The molecule has 0 N–H and O–H groups in total. The van der Waals surface area contributed by atoms with Gasteiger partial charge in [0.05, 0.1) is 12.2 Å². The molecule has 2 aromatic carbocycles. The topological polar surface area (TPSA) is 39.4 Å². The number of hydrogen-bond acceptors (Lipinski definition) is 2. The van der Waals surface area contributed by atoms with Crippen LogP contribution in [0.4, 0.5) is 0 Å². The van der Waals surface area contributed by atoms with E-state index in [2.05, 4.69) is 95.4 Å². The number of aromatic nitrogens is 1. The Morgan fingerprint density at radius 2 is 1.69 bits per heavy atom. The zero-order chi connectivity index (χ0) is 22.6. The maximum atomic E-state index is 5.02. The van der Waals surface area contributed by atoms with Gasteiger partial charge in [-0.3, -0.25) is 9.98 Å². The van der Waals surface area contributed by atoms with Gasteiger partial charge in [-0.15, -0.1) is 42.9 Å². The molecule has 0 saturated carbocycles. The minimum absolute atomic E-state index is 0. The SMILES string of the molecule is C[N-]/C(=C\C(=NCc1cc2ccccc2c(-c2[c-]cccc2)n1)C(C)(C)C)C(C)(C)C.[Pt+2]. The Hall–Kier alpha value is -2.25. The molecule has 0 fully saturated rings. The van der Waals surface area contributed by atoms with Crippen LogP contribution in [0.1, 0.15) is 47.2 Å². The van der Waals surface area contributed by atoms with Gasteiger partial charge in [0.1, 0.15) is 0 Å². The minimum atomic E-state index is -0.0892. The van der Waals surface area contributed by atoms with Gasteiger partial charge in [-0.1, -0.05) is 71.9 Å². The van der Waals surface area contributed by atoms with Crippen molar-refractivity contribution in [3.63, 3.8) is 0 Å². The maximum absolute atomic E-state index is 5.02. The molecule has 0 spiro atoms. The van der Waals surface area contributed by atoms with Crippen molar-refractivity contribution < 1.29 is 21.1 Å². The number of rotatable bonds is 5. The quantitative estimate of drug-likeness (QED) is 0.218. The fourth-order valence-corrected chi connectivity index (χ4v) is 3.49. The first-order valence-electron chi connectivity index (χ1n) is 10.8. The molecule has 0 aliphatic carbocycles. The Kier molecular flexibility index (Phi) is 8.59. The molecule has 0 radical (unpaired) electrons. The van der Waals surface area contributed by atoms with Crippen molar-refractivity contribution >= 4 is 16.5 Å². The van der Waals surface area contributed by atoms with Gasteiger partial charge in [0.25, 0.3) is 0 Å². The monoisotopic (exact) mass is 606 g/mol. The van der Waals surface area contributed by atoms with Crippen molar-refractivity contribution in [3.8, 4) is 11.3 Å². The molecule has 0 aliphatic heterocycles. The zero-order valence-electron chi connectivity index (χ0n) is 20.1. The van der Waals surface area contributed by atoms with Crippen LogP contribution < -0.4 is 0 Å². The van der Waals surface area contributed by atoms with E-state index in [1.165, 1.54) is 5.39 Å². The number of pyridine rings is 1. The van der Waals surface area contributed by atoms with Crippen LogP contribution in [0.15, 0.2) is 71.4 Å². The van der Waals surface area contributed by atoms with Crippen molar-refractivity contribution in [2.45, 2.75) is 48.1 Å². The average molecular weight is 607 g/mol. The summed E-state index contributed by atoms with van der Waals surface area (Å²) in [5.41, 5.74) is 4.87. The van der Waals surface area contributed by atoms with Gasteiger partial charge in [-0.05, 0) is 27.9 Å². The predicted octanol–water partition coefficient (Wildman–Crippen LogP) is 7.62. The Morgan fingerprint density at radius 1 is 1.00 bits per heavy atom. The summed E-state index contributed by atoms with van der Waals surface area (Å²) in [4.78, 5) is 10.0. The van der Waals surface area contributed by atoms with Gasteiger partial charge >= 0.3 is 21.1 Å². The van der Waals surface area contributed by atoms with Crippen LogP contribution in [-0.4, -0.2) is 17.7 Å². The molecule has 0 bridgehead atoms. The van der Waals surface area contributed by atoms with Gasteiger partial charge in [0, 0.05) is 11.1 Å². The first-order valence-corrected chi connectivity index (χ1v) is 10.8. The van der Waals surface area contributed by atoms with E-state index < -0.39 is 0 Å². The fourth-order valence-electron chi connectivity index (χ4n) is 3.49. The summed E-state index contributed by atoms with van der Waals surface area (Å²) in [6.45, 7) is 13.6. The second-order valence-electron chi connectivity index (χ2n) is 9.91. The van der Waals surface area contributed by atoms with Crippen molar-refractivity contribution in [1.29, 1.82) is 0 Å². The third-order valence-electron chi connectivity index (χ3n) is 5.22. The van der Waals surface area contributed by atoms with E-state index in [0.717, 1.165) is 33.7 Å². The van der Waals surface area contributed by atoms with E-state index in [0.29, 0.717) is 6.54 Å². The summed E-state index contributed by atoms with van der Waals surface area (Å²) in [5, 5.41) is 6.82. The molecular weight excluding hydrogens is 573 g/mol. The van der Waals surface area contributed by atoms with Gasteiger partial charge < -0.3 is 5.32 Å². The molecule has 0 unspecified atom stereocenters. The Bertz CT molecular complexity index is 1100. The average Bonchev–Trinajstić information content (AvgIpc) is 2.72. The zero-order valence-corrected chi connectivity index (χ0v) is 22.4. The first-order chi connectivity index (χ1) is 14.6. The minimum Gasteiger partial charge on any atom is -0.690 e. The molecule has 0 saturated heterocycles. The standard InChI is InChI=1S/C28H33N3.Pt/c1-27(2,3)24(29-7)18-25(28(4,5)6)30-19-22-17-21-15-11-12-16-23(21)26(31-22)20-13-9-8-10-14-20;/h8-13,15-18H,19H2,1-7H3;/q-2;+2/b24-18-,30-25?;. The van der Waals surface area contributed by atoms with E-state index in [9.17, 15) is 0 Å². The smallest absolute Gasteiger partial charge is 0.690 e. The van der Waals surface area contributed by atoms with Crippen molar-refractivity contribution in [2.24, 2.45) is 15.8 Å². The molecule has 0 atom stereocenters. The van der Waals surface area contributed by atoms with Crippen LogP contribution in [-0.2, 0) is 27.6 Å². The second kappa shape index (κ2) is 10.6. The van der Waals surface area contributed by atoms with Crippen LogP contribution in [0.2, 0.25) is 0 Å². The largest absolute Gasteiger partial charge is 2.00 e. The second-order valence-corrected chi connectivity index (χ2v) is 9.91. The summed E-state index contributed by atoms with van der Waals surface area (Å²) >= 11 is 0. The van der Waals surface area contributed by atoms with Gasteiger partial charge in [0.15, 0.2) is 0 Å². The van der Waals surface area contributed by atoms with Crippen LogP contribution in [0.5, 0.6) is 0 Å². The van der Waals surface area contributed by atoms with E-state index in [4.69, 9.17) is 9.98 Å². The molecule has 3 rings (SSSR count). The maximum Gasteiger partial charge on any atom is 2.00 e. The number of fused-ring (bicyclic) bond motifs is 1. The van der Waals surface area contributed by atoms with Crippen molar-refractivity contribution in [1.82, 2.24) is 4.98 Å². The summed E-state index contributed by atoms with van der Waals surface area (Å²) in [5.74, 6) is 0. The Morgan fingerprint density at radius 3 is 2.28 bits per heavy atom. The number of nitrogens with zero attached hydrogens (tertiary/aromatic N) is 3. The molecule has 1 heterocycles.